The minimum Gasteiger partial charge on any atom is -0.486 e. The van der Waals surface area contributed by atoms with Crippen LogP contribution >= 0.6 is 0 Å². The summed E-state index contributed by atoms with van der Waals surface area (Å²) in [6.45, 7) is 5.11. The van der Waals surface area contributed by atoms with E-state index in [0.717, 1.165) is 5.56 Å². The molecule has 0 spiro atoms. The number of allylic oxidation sites excluding steroid dienone is 1. The number of fused-ring (bicyclic) bond motifs is 1. The Bertz CT molecular complexity index is 716. The van der Waals surface area contributed by atoms with Gasteiger partial charge in [0.25, 0.3) is 0 Å². The monoisotopic (exact) mass is 298 g/mol. The van der Waals surface area contributed by atoms with Crippen LogP contribution in [0.3, 0.4) is 0 Å². The van der Waals surface area contributed by atoms with Gasteiger partial charge < -0.3 is 9.47 Å². The van der Waals surface area contributed by atoms with Gasteiger partial charge in [-0.2, -0.15) is 5.10 Å². The average Bonchev–Trinajstić information content (AvgIpc) is 3.03. The van der Waals surface area contributed by atoms with Crippen LogP contribution in [0.5, 0.6) is 11.5 Å². The summed E-state index contributed by atoms with van der Waals surface area (Å²) in [5.74, 6) is 1.32. The van der Waals surface area contributed by atoms with E-state index >= 15 is 0 Å². The third-order valence-electron chi connectivity index (χ3n) is 3.43. The molecule has 5 heteroatoms. The van der Waals surface area contributed by atoms with Gasteiger partial charge in [0, 0.05) is 17.8 Å². The van der Waals surface area contributed by atoms with Gasteiger partial charge >= 0.3 is 0 Å². The van der Waals surface area contributed by atoms with Gasteiger partial charge in [-0.25, -0.2) is 0 Å². The molecule has 0 saturated heterocycles. The molecule has 0 unspecified atom stereocenters. The summed E-state index contributed by atoms with van der Waals surface area (Å²) in [6.07, 6.45) is 6.64. The first kappa shape index (κ1) is 14.4. The van der Waals surface area contributed by atoms with Gasteiger partial charge in [0.15, 0.2) is 17.3 Å². The third-order valence-corrected chi connectivity index (χ3v) is 3.43. The third kappa shape index (κ3) is 2.88. The fraction of sp³-hybridized carbons (Fsp3) is 0.294. The molecule has 22 heavy (non-hydrogen) atoms. The lowest BCUT2D eigenvalue weighted by Gasteiger charge is -2.19. The fourth-order valence-corrected chi connectivity index (χ4v) is 2.24. The summed E-state index contributed by atoms with van der Waals surface area (Å²) in [4.78, 5) is 12.2. The number of benzene rings is 1. The van der Waals surface area contributed by atoms with Gasteiger partial charge in [0.1, 0.15) is 13.2 Å². The number of carbonyl (C=O) groups is 1. The highest BCUT2D eigenvalue weighted by atomic mass is 16.6. The van der Waals surface area contributed by atoms with Crippen molar-refractivity contribution in [1.82, 2.24) is 9.78 Å². The summed E-state index contributed by atoms with van der Waals surface area (Å²) in [7, 11) is 0. The predicted octanol–water partition coefficient (Wildman–Crippen LogP) is 3.13. The lowest BCUT2D eigenvalue weighted by Crippen LogP contribution is -2.15. The molecule has 1 aliphatic heterocycles. The summed E-state index contributed by atoms with van der Waals surface area (Å²) >= 11 is 0. The summed E-state index contributed by atoms with van der Waals surface area (Å²) in [5, 5.41) is 4.18. The quantitative estimate of drug-likeness (QED) is 0.643. The number of para-hydroxylation sites is 1. The lowest BCUT2D eigenvalue weighted by atomic mass is 10.1. The molecular weight excluding hydrogens is 280 g/mol. The maximum Gasteiger partial charge on any atom is 0.189 e. The summed E-state index contributed by atoms with van der Waals surface area (Å²) in [6, 6.07) is 5.88. The Morgan fingerprint density at radius 1 is 1.32 bits per heavy atom. The molecule has 0 bridgehead atoms. The summed E-state index contributed by atoms with van der Waals surface area (Å²) < 4.78 is 12.9. The van der Waals surface area contributed by atoms with E-state index < -0.39 is 0 Å². The van der Waals surface area contributed by atoms with Crippen molar-refractivity contribution in [3.63, 3.8) is 0 Å². The summed E-state index contributed by atoms with van der Waals surface area (Å²) in [5.41, 5.74) is 1.41. The maximum atomic E-state index is 12.2. The molecule has 0 amide bonds. The molecule has 0 aliphatic carbocycles. The van der Waals surface area contributed by atoms with Gasteiger partial charge in [-0.15, -0.1) is 0 Å². The van der Waals surface area contributed by atoms with E-state index in [1.807, 2.05) is 32.0 Å². The van der Waals surface area contributed by atoms with Crippen LogP contribution in [0, 0.1) is 0 Å². The van der Waals surface area contributed by atoms with Crippen LogP contribution in [-0.2, 0) is 0 Å². The normalized spacial score (nSPS) is 13.8. The average molecular weight is 298 g/mol. The van der Waals surface area contributed by atoms with Crippen molar-refractivity contribution in [2.24, 2.45) is 0 Å². The minimum atomic E-state index is -0.0822. The molecule has 1 aromatic carbocycles. The van der Waals surface area contributed by atoms with Crippen molar-refractivity contribution in [1.29, 1.82) is 0 Å². The molecule has 0 saturated carbocycles. The first-order chi connectivity index (χ1) is 10.6. The highest BCUT2D eigenvalue weighted by molar-refractivity contribution is 6.06. The molecular formula is C17H18N2O3. The molecule has 0 atom stereocenters. The molecule has 1 aromatic heterocycles. The molecule has 1 aliphatic rings. The number of carbonyl (C=O) groups excluding carboxylic acids is 1. The van der Waals surface area contributed by atoms with Gasteiger partial charge in [0.2, 0.25) is 0 Å². The Morgan fingerprint density at radius 3 is 2.91 bits per heavy atom. The van der Waals surface area contributed by atoms with E-state index in [1.54, 1.807) is 23.2 Å². The number of ether oxygens (including phenoxy) is 2. The van der Waals surface area contributed by atoms with E-state index in [-0.39, 0.29) is 11.8 Å². The molecule has 3 rings (SSSR count). The zero-order valence-electron chi connectivity index (χ0n) is 12.7. The van der Waals surface area contributed by atoms with Crippen LogP contribution < -0.4 is 9.47 Å². The Kier molecular flexibility index (Phi) is 3.96. The topological polar surface area (TPSA) is 53.4 Å². The molecule has 0 N–H and O–H groups in total. The first-order valence-electron chi connectivity index (χ1n) is 7.30. The molecule has 2 aromatic rings. The molecule has 2 heterocycles. The second-order valence-electron chi connectivity index (χ2n) is 5.37. The van der Waals surface area contributed by atoms with E-state index in [0.29, 0.717) is 30.3 Å². The number of aromatic nitrogens is 2. The molecule has 114 valence electrons. The van der Waals surface area contributed by atoms with E-state index in [1.165, 1.54) is 6.08 Å². The fourth-order valence-electron chi connectivity index (χ4n) is 2.24. The molecule has 0 radical (unpaired) electrons. The smallest absolute Gasteiger partial charge is 0.189 e. The highest BCUT2D eigenvalue weighted by Crippen LogP contribution is 2.34. The van der Waals surface area contributed by atoms with Crippen molar-refractivity contribution in [2.75, 3.05) is 13.2 Å². The number of hydrogen-bond acceptors (Lipinski definition) is 4. The second-order valence-corrected chi connectivity index (χ2v) is 5.37. The Morgan fingerprint density at radius 2 is 2.14 bits per heavy atom. The molecule has 5 nitrogen and oxygen atoms in total. The van der Waals surface area contributed by atoms with Crippen LogP contribution in [0.15, 0.2) is 36.7 Å². The zero-order chi connectivity index (χ0) is 15.5. The Hall–Kier alpha value is -2.56. The lowest BCUT2D eigenvalue weighted by molar-refractivity contribution is 0.104. The Labute approximate surface area is 129 Å². The van der Waals surface area contributed by atoms with Crippen LogP contribution in [0.25, 0.3) is 6.08 Å². The van der Waals surface area contributed by atoms with Crippen LogP contribution in [0.1, 0.15) is 35.8 Å². The first-order valence-corrected chi connectivity index (χ1v) is 7.30. The number of nitrogens with zero attached hydrogens (tertiary/aromatic N) is 2. The van der Waals surface area contributed by atoms with Gasteiger partial charge in [0.05, 0.1) is 11.8 Å². The zero-order valence-corrected chi connectivity index (χ0v) is 12.7. The maximum absolute atomic E-state index is 12.2. The number of ketones is 1. The van der Waals surface area contributed by atoms with Crippen molar-refractivity contribution in [3.8, 4) is 11.5 Å². The predicted molar refractivity (Wildman–Crippen MR) is 83.4 cm³/mol. The van der Waals surface area contributed by atoms with Crippen LogP contribution in [0.2, 0.25) is 0 Å². The largest absolute Gasteiger partial charge is 0.486 e. The standard InChI is InChI=1S/C17H18N2O3/c1-12(2)19-11-14(10-18-19)15(20)7-6-13-4-3-5-16-17(13)22-9-8-21-16/h3-7,10-12H,8-9H2,1-2H3. The minimum absolute atomic E-state index is 0.0822. The number of hydrogen-bond donors (Lipinski definition) is 0. The molecule has 0 fully saturated rings. The van der Waals surface area contributed by atoms with Gasteiger partial charge in [-0.1, -0.05) is 12.1 Å². The van der Waals surface area contributed by atoms with Crippen molar-refractivity contribution < 1.29 is 14.3 Å². The van der Waals surface area contributed by atoms with Crippen molar-refractivity contribution in [2.45, 2.75) is 19.9 Å². The van der Waals surface area contributed by atoms with Gasteiger partial charge in [-0.05, 0) is 32.1 Å². The van der Waals surface area contributed by atoms with Crippen molar-refractivity contribution in [3.05, 3.63) is 47.8 Å². The van der Waals surface area contributed by atoms with E-state index in [4.69, 9.17) is 9.47 Å². The Balaban J connectivity index is 1.80. The second kappa shape index (κ2) is 6.05. The highest BCUT2D eigenvalue weighted by Gasteiger charge is 2.14. The van der Waals surface area contributed by atoms with Crippen molar-refractivity contribution >= 4 is 11.9 Å². The van der Waals surface area contributed by atoms with Gasteiger partial charge in [-0.3, -0.25) is 9.48 Å². The van der Waals surface area contributed by atoms with Crippen LogP contribution in [0.4, 0.5) is 0 Å². The van der Waals surface area contributed by atoms with E-state index in [9.17, 15) is 4.79 Å². The number of rotatable bonds is 4. The SMILES string of the molecule is CC(C)n1cc(C(=O)C=Cc2cccc3c2OCCO3)cn1. The van der Waals surface area contributed by atoms with E-state index in [2.05, 4.69) is 5.10 Å². The van der Waals surface area contributed by atoms with Crippen LogP contribution in [-0.4, -0.2) is 28.8 Å².